The number of carbonyl (C=O) groups is 1. The maximum atomic E-state index is 14.9. The average molecular weight is 381 g/mol. The fourth-order valence-corrected chi connectivity index (χ4v) is 3.81. The van der Waals surface area contributed by atoms with Gasteiger partial charge in [-0.25, -0.2) is 13.8 Å². The molecule has 0 bridgehead atoms. The summed E-state index contributed by atoms with van der Waals surface area (Å²) in [6.45, 7) is 1.11. The van der Waals surface area contributed by atoms with Crippen LogP contribution >= 0.6 is 0 Å². The summed E-state index contributed by atoms with van der Waals surface area (Å²) in [5.41, 5.74) is 5.17. The Morgan fingerprint density at radius 3 is 2.43 bits per heavy atom. The molecule has 2 aliphatic heterocycles. The van der Waals surface area contributed by atoms with Crippen LogP contribution in [0, 0.1) is 23.0 Å². The Hall–Kier alpha value is -3.31. The molecule has 2 aliphatic rings. The van der Waals surface area contributed by atoms with Crippen LogP contribution in [-0.2, 0) is 0 Å². The molecule has 28 heavy (non-hydrogen) atoms. The van der Waals surface area contributed by atoms with Gasteiger partial charge in [0.15, 0.2) is 0 Å². The molecular formula is C20H17F2N5O. The number of nitrogens with one attached hydrogen (secondary N) is 1. The Morgan fingerprint density at radius 2 is 1.79 bits per heavy atom. The first-order chi connectivity index (χ1) is 13.5. The van der Waals surface area contributed by atoms with E-state index in [0.717, 1.165) is 12.1 Å². The second-order valence-corrected chi connectivity index (χ2v) is 6.81. The quantitative estimate of drug-likeness (QED) is 0.792. The summed E-state index contributed by atoms with van der Waals surface area (Å²) in [4.78, 5) is 19.1. The zero-order chi connectivity index (χ0) is 19.9. The molecule has 6 nitrogen and oxygen atoms in total. The Balaban J connectivity index is 1.92. The summed E-state index contributed by atoms with van der Waals surface area (Å²) in [6, 6.07) is 9.95. The number of carbonyl (C=O) groups excluding carboxylic acids is 1. The van der Waals surface area contributed by atoms with Gasteiger partial charge in [-0.05, 0) is 49.5 Å². The standard InChI is InChI=1S/C20H17F2N5O/c21-14-5-6-15(22)17-16(14)18(24)26-20(7-9-25-10-8-20)27(17)19(28)13-3-1-12(11-23)2-4-13/h1-6,25H,7-10H2,(H2,24,26). The van der Waals surface area contributed by atoms with Gasteiger partial charge < -0.3 is 11.1 Å². The minimum Gasteiger partial charge on any atom is -0.383 e. The van der Waals surface area contributed by atoms with E-state index in [1.54, 1.807) is 0 Å². The first-order valence-electron chi connectivity index (χ1n) is 8.86. The van der Waals surface area contributed by atoms with E-state index in [0.29, 0.717) is 31.5 Å². The lowest BCUT2D eigenvalue weighted by Gasteiger charge is -2.46. The van der Waals surface area contributed by atoms with Gasteiger partial charge in [-0.2, -0.15) is 5.26 Å². The monoisotopic (exact) mass is 381 g/mol. The normalized spacial score (nSPS) is 17.6. The molecule has 142 valence electrons. The number of benzene rings is 2. The lowest BCUT2D eigenvalue weighted by atomic mass is 9.90. The molecule has 0 unspecified atom stereocenters. The fourth-order valence-electron chi connectivity index (χ4n) is 3.81. The van der Waals surface area contributed by atoms with Crippen molar-refractivity contribution in [2.75, 3.05) is 18.0 Å². The SMILES string of the molecule is N#Cc1ccc(C(=O)N2c3c(F)ccc(F)c3C(N)=NC23CCNCC3)cc1. The van der Waals surface area contributed by atoms with Crippen molar-refractivity contribution in [3.63, 3.8) is 0 Å². The van der Waals surface area contributed by atoms with Crippen molar-refractivity contribution >= 4 is 17.4 Å². The molecular weight excluding hydrogens is 364 g/mol. The molecule has 0 aromatic heterocycles. The summed E-state index contributed by atoms with van der Waals surface area (Å²) in [5.74, 6) is -2.11. The zero-order valence-electron chi connectivity index (χ0n) is 14.9. The Bertz CT molecular complexity index is 1020. The average Bonchev–Trinajstić information content (AvgIpc) is 2.71. The van der Waals surface area contributed by atoms with Crippen LogP contribution < -0.4 is 16.0 Å². The molecule has 1 spiro atoms. The van der Waals surface area contributed by atoms with Crippen molar-refractivity contribution in [3.8, 4) is 6.07 Å². The third-order valence-electron chi connectivity index (χ3n) is 5.17. The molecule has 3 N–H and O–H groups in total. The first-order valence-corrected chi connectivity index (χ1v) is 8.86. The third-order valence-corrected chi connectivity index (χ3v) is 5.17. The van der Waals surface area contributed by atoms with E-state index in [9.17, 15) is 13.6 Å². The van der Waals surface area contributed by atoms with Crippen molar-refractivity contribution in [3.05, 3.63) is 64.7 Å². The summed E-state index contributed by atoms with van der Waals surface area (Å²) in [6.07, 6.45) is 0.816. The van der Waals surface area contributed by atoms with E-state index >= 15 is 0 Å². The van der Waals surface area contributed by atoms with E-state index in [1.165, 1.54) is 29.2 Å². The minimum atomic E-state index is -1.10. The Kier molecular flexibility index (Phi) is 4.32. The summed E-state index contributed by atoms with van der Waals surface area (Å²) in [7, 11) is 0. The number of halogens is 2. The van der Waals surface area contributed by atoms with Crippen molar-refractivity contribution in [1.29, 1.82) is 5.26 Å². The van der Waals surface area contributed by atoms with Gasteiger partial charge >= 0.3 is 0 Å². The largest absolute Gasteiger partial charge is 0.383 e. The number of nitriles is 1. The summed E-state index contributed by atoms with van der Waals surface area (Å²) in [5, 5.41) is 12.1. The van der Waals surface area contributed by atoms with Crippen LogP contribution in [0.15, 0.2) is 41.4 Å². The van der Waals surface area contributed by atoms with Crippen LogP contribution in [0.2, 0.25) is 0 Å². The molecule has 2 aromatic carbocycles. The lowest BCUT2D eigenvalue weighted by molar-refractivity contribution is 0.0940. The molecule has 1 amide bonds. The maximum absolute atomic E-state index is 14.9. The van der Waals surface area contributed by atoms with Crippen molar-refractivity contribution < 1.29 is 13.6 Å². The van der Waals surface area contributed by atoms with E-state index in [4.69, 9.17) is 11.0 Å². The summed E-state index contributed by atoms with van der Waals surface area (Å²) < 4.78 is 29.4. The number of hydrogen-bond donors (Lipinski definition) is 2. The van der Waals surface area contributed by atoms with Gasteiger partial charge in [0.2, 0.25) is 0 Å². The summed E-state index contributed by atoms with van der Waals surface area (Å²) >= 11 is 0. The number of piperidine rings is 1. The number of anilines is 1. The highest BCUT2D eigenvalue weighted by Crippen LogP contribution is 2.42. The molecule has 1 saturated heterocycles. The highest BCUT2D eigenvalue weighted by Gasteiger charge is 2.47. The van der Waals surface area contributed by atoms with Crippen LogP contribution in [0.1, 0.15) is 34.3 Å². The highest BCUT2D eigenvalue weighted by atomic mass is 19.1. The first kappa shape index (κ1) is 18.1. The van der Waals surface area contributed by atoms with E-state index in [1.807, 2.05) is 6.07 Å². The predicted molar refractivity (Wildman–Crippen MR) is 99.9 cm³/mol. The van der Waals surface area contributed by atoms with Crippen molar-refractivity contribution in [1.82, 2.24) is 5.32 Å². The fraction of sp³-hybridized carbons (Fsp3) is 0.250. The van der Waals surface area contributed by atoms with Crippen molar-refractivity contribution in [2.24, 2.45) is 10.7 Å². The van der Waals surface area contributed by atoms with Crippen LogP contribution in [0.3, 0.4) is 0 Å². The molecule has 0 radical (unpaired) electrons. The van der Waals surface area contributed by atoms with Crippen LogP contribution in [0.4, 0.5) is 14.5 Å². The Labute approximate surface area is 160 Å². The number of nitrogens with two attached hydrogens (primary N) is 1. The molecule has 0 saturated carbocycles. The second kappa shape index (κ2) is 6.69. The molecule has 2 aromatic rings. The van der Waals surface area contributed by atoms with E-state index in [-0.39, 0.29) is 22.6 Å². The predicted octanol–water partition coefficient (Wildman–Crippen LogP) is 2.28. The smallest absolute Gasteiger partial charge is 0.260 e. The third kappa shape index (κ3) is 2.72. The van der Waals surface area contributed by atoms with Gasteiger partial charge in [-0.3, -0.25) is 9.69 Å². The second-order valence-electron chi connectivity index (χ2n) is 6.81. The molecule has 0 atom stereocenters. The Morgan fingerprint density at radius 1 is 1.14 bits per heavy atom. The van der Waals surface area contributed by atoms with Gasteiger partial charge in [-0.15, -0.1) is 0 Å². The number of nitrogens with zero attached hydrogens (tertiary/aromatic N) is 3. The number of amides is 1. The number of rotatable bonds is 1. The number of amidine groups is 1. The van der Waals surface area contributed by atoms with Crippen LogP contribution in [0.25, 0.3) is 0 Å². The lowest BCUT2D eigenvalue weighted by Crippen LogP contribution is -2.59. The highest BCUT2D eigenvalue weighted by molar-refractivity contribution is 6.14. The molecule has 4 rings (SSSR count). The molecule has 8 heteroatoms. The maximum Gasteiger partial charge on any atom is 0.260 e. The van der Waals surface area contributed by atoms with Gasteiger partial charge in [0, 0.05) is 18.4 Å². The van der Waals surface area contributed by atoms with E-state index in [2.05, 4.69) is 10.3 Å². The molecule has 1 fully saturated rings. The zero-order valence-corrected chi connectivity index (χ0v) is 14.9. The topological polar surface area (TPSA) is 94.5 Å². The van der Waals surface area contributed by atoms with Gasteiger partial charge in [0.05, 0.1) is 22.9 Å². The number of fused-ring (bicyclic) bond motifs is 1. The van der Waals surface area contributed by atoms with Gasteiger partial charge in [0.1, 0.15) is 23.1 Å². The van der Waals surface area contributed by atoms with Crippen molar-refractivity contribution in [2.45, 2.75) is 18.5 Å². The number of aliphatic imine (C=N–C) groups is 1. The molecule has 2 heterocycles. The molecule has 0 aliphatic carbocycles. The van der Waals surface area contributed by atoms with Gasteiger partial charge in [-0.1, -0.05) is 0 Å². The van der Waals surface area contributed by atoms with E-state index < -0.39 is 23.2 Å². The van der Waals surface area contributed by atoms with Gasteiger partial charge in [0.25, 0.3) is 5.91 Å². The minimum absolute atomic E-state index is 0.113. The van der Waals surface area contributed by atoms with Crippen LogP contribution in [-0.4, -0.2) is 30.5 Å². The van der Waals surface area contributed by atoms with Crippen LogP contribution in [0.5, 0.6) is 0 Å². The number of hydrogen-bond acceptors (Lipinski definition) is 5.